The predicted molar refractivity (Wildman–Crippen MR) is 79.9 cm³/mol. The number of benzene rings is 1. The molecule has 21 heavy (non-hydrogen) atoms. The first-order chi connectivity index (χ1) is 9.85. The minimum atomic E-state index is -3.81. The average Bonchev–Trinajstić information content (AvgIpc) is 2.84. The molecule has 1 aromatic heterocycles. The molecule has 0 saturated carbocycles. The van der Waals surface area contributed by atoms with Crippen molar-refractivity contribution in [3.8, 4) is 0 Å². The fourth-order valence-electron chi connectivity index (χ4n) is 1.84. The molecule has 5 nitrogen and oxygen atoms in total. The Morgan fingerprint density at radius 1 is 1.38 bits per heavy atom. The SMILES string of the molecule is Cc1ncsc1CNS(=O)(=O)c1cc(CN)cc(F)c1C. The molecule has 8 heteroatoms. The lowest BCUT2D eigenvalue weighted by atomic mass is 10.1. The van der Waals surface area contributed by atoms with Gasteiger partial charge in [0.15, 0.2) is 0 Å². The van der Waals surface area contributed by atoms with Crippen molar-refractivity contribution in [2.45, 2.75) is 31.8 Å². The quantitative estimate of drug-likeness (QED) is 0.876. The molecule has 0 unspecified atom stereocenters. The summed E-state index contributed by atoms with van der Waals surface area (Å²) in [6.45, 7) is 3.45. The van der Waals surface area contributed by atoms with Gasteiger partial charge in [0.1, 0.15) is 5.82 Å². The number of halogens is 1. The normalized spacial score (nSPS) is 11.8. The lowest BCUT2D eigenvalue weighted by molar-refractivity contribution is 0.574. The molecule has 114 valence electrons. The molecule has 1 heterocycles. The molecule has 0 aliphatic heterocycles. The topological polar surface area (TPSA) is 85.1 Å². The molecule has 0 amide bonds. The largest absolute Gasteiger partial charge is 0.326 e. The van der Waals surface area contributed by atoms with Crippen LogP contribution in [0.15, 0.2) is 22.5 Å². The lowest BCUT2D eigenvalue weighted by Gasteiger charge is -2.11. The number of aromatic nitrogens is 1. The van der Waals surface area contributed by atoms with E-state index in [0.717, 1.165) is 10.6 Å². The van der Waals surface area contributed by atoms with Gasteiger partial charge in [0.25, 0.3) is 0 Å². The maximum atomic E-state index is 13.8. The van der Waals surface area contributed by atoms with Gasteiger partial charge in [-0.3, -0.25) is 0 Å². The summed E-state index contributed by atoms with van der Waals surface area (Å²) in [6.07, 6.45) is 0. The Kier molecular flexibility index (Phi) is 4.72. The van der Waals surface area contributed by atoms with Crippen molar-refractivity contribution in [2.24, 2.45) is 5.73 Å². The third-order valence-corrected chi connectivity index (χ3v) is 5.61. The summed E-state index contributed by atoms with van der Waals surface area (Å²) < 4.78 is 40.9. The first-order valence-corrected chi connectivity index (χ1v) is 8.59. The first-order valence-electron chi connectivity index (χ1n) is 6.23. The van der Waals surface area contributed by atoms with Gasteiger partial charge in [0, 0.05) is 23.5 Å². The van der Waals surface area contributed by atoms with Gasteiger partial charge in [0.2, 0.25) is 10.0 Å². The molecular weight excluding hydrogens is 313 g/mol. The van der Waals surface area contributed by atoms with Crippen molar-refractivity contribution in [1.29, 1.82) is 0 Å². The summed E-state index contributed by atoms with van der Waals surface area (Å²) in [7, 11) is -3.81. The first kappa shape index (κ1) is 16.0. The Hall–Kier alpha value is -1.35. The van der Waals surface area contributed by atoms with E-state index in [0.29, 0.717) is 5.56 Å². The Balaban J connectivity index is 2.31. The second-order valence-electron chi connectivity index (χ2n) is 4.59. The molecule has 3 N–H and O–H groups in total. The van der Waals surface area contributed by atoms with E-state index < -0.39 is 15.8 Å². The molecule has 0 saturated heterocycles. The molecule has 0 spiro atoms. The van der Waals surface area contributed by atoms with Gasteiger partial charge in [-0.2, -0.15) is 0 Å². The van der Waals surface area contributed by atoms with E-state index in [-0.39, 0.29) is 23.5 Å². The van der Waals surface area contributed by atoms with Crippen LogP contribution in [0.3, 0.4) is 0 Å². The molecule has 0 bridgehead atoms. The van der Waals surface area contributed by atoms with Crippen LogP contribution in [0.5, 0.6) is 0 Å². The fourth-order valence-corrected chi connectivity index (χ4v) is 3.94. The van der Waals surface area contributed by atoms with Crippen molar-refractivity contribution in [3.05, 3.63) is 45.2 Å². The molecule has 1 aromatic carbocycles. The van der Waals surface area contributed by atoms with Crippen molar-refractivity contribution in [3.63, 3.8) is 0 Å². The van der Waals surface area contributed by atoms with Gasteiger partial charge < -0.3 is 5.73 Å². The van der Waals surface area contributed by atoms with Crippen LogP contribution in [0, 0.1) is 19.7 Å². The van der Waals surface area contributed by atoms with E-state index in [4.69, 9.17) is 5.73 Å². The molecule has 2 aromatic rings. The number of sulfonamides is 1. The molecule has 0 atom stereocenters. The third-order valence-electron chi connectivity index (χ3n) is 3.15. The monoisotopic (exact) mass is 329 g/mol. The maximum absolute atomic E-state index is 13.8. The Labute approximate surface area is 127 Å². The minimum Gasteiger partial charge on any atom is -0.326 e. The van der Waals surface area contributed by atoms with E-state index in [9.17, 15) is 12.8 Å². The van der Waals surface area contributed by atoms with Gasteiger partial charge in [0.05, 0.1) is 16.1 Å². The number of hydrogen-bond acceptors (Lipinski definition) is 5. The molecule has 2 rings (SSSR count). The van der Waals surface area contributed by atoms with Gasteiger partial charge >= 0.3 is 0 Å². The number of nitrogens with zero attached hydrogens (tertiary/aromatic N) is 1. The molecule has 0 fully saturated rings. The highest BCUT2D eigenvalue weighted by molar-refractivity contribution is 7.89. The van der Waals surface area contributed by atoms with Crippen molar-refractivity contribution in [2.75, 3.05) is 0 Å². The summed E-state index contributed by atoms with van der Waals surface area (Å²) >= 11 is 1.37. The zero-order valence-electron chi connectivity index (χ0n) is 11.7. The summed E-state index contributed by atoms with van der Waals surface area (Å²) in [5.74, 6) is -0.577. The van der Waals surface area contributed by atoms with E-state index in [1.807, 2.05) is 0 Å². The van der Waals surface area contributed by atoms with Crippen molar-refractivity contribution >= 4 is 21.4 Å². The number of thiazole rings is 1. The number of hydrogen-bond donors (Lipinski definition) is 2. The van der Waals surface area contributed by atoms with Crippen LogP contribution in [-0.4, -0.2) is 13.4 Å². The summed E-state index contributed by atoms with van der Waals surface area (Å²) in [5, 5.41) is 0. The Morgan fingerprint density at radius 3 is 2.67 bits per heavy atom. The molecule has 0 radical (unpaired) electrons. The number of nitrogens with one attached hydrogen (secondary N) is 1. The zero-order valence-corrected chi connectivity index (χ0v) is 13.3. The van der Waals surface area contributed by atoms with Crippen LogP contribution in [-0.2, 0) is 23.1 Å². The summed E-state index contributed by atoms with van der Waals surface area (Å²) in [5.41, 5.74) is 8.42. The second kappa shape index (κ2) is 6.18. The highest BCUT2D eigenvalue weighted by Gasteiger charge is 2.20. The van der Waals surface area contributed by atoms with E-state index in [1.54, 1.807) is 12.4 Å². The van der Waals surface area contributed by atoms with Gasteiger partial charge in [-0.25, -0.2) is 22.5 Å². The average molecular weight is 329 g/mol. The van der Waals surface area contributed by atoms with Crippen molar-refractivity contribution in [1.82, 2.24) is 9.71 Å². The standard InChI is InChI=1S/C13H16FN3O2S2/c1-8-11(14)3-10(5-15)4-13(8)21(18,19)17-6-12-9(2)16-7-20-12/h3-4,7,17H,5-6,15H2,1-2H3. The maximum Gasteiger partial charge on any atom is 0.241 e. The van der Waals surface area contributed by atoms with Gasteiger partial charge in [-0.15, -0.1) is 11.3 Å². The van der Waals surface area contributed by atoms with Crippen LogP contribution in [0.25, 0.3) is 0 Å². The highest BCUT2D eigenvalue weighted by atomic mass is 32.2. The van der Waals surface area contributed by atoms with E-state index in [2.05, 4.69) is 9.71 Å². The van der Waals surface area contributed by atoms with Crippen molar-refractivity contribution < 1.29 is 12.8 Å². The predicted octanol–water partition coefficient (Wildman–Crippen LogP) is 1.84. The van der Waals surface area contributed by atoms with Gasteiger partial charge in [-0.1, -0.05) is 0 Å². The fraction of sp³-hybridized carbons (Fsp3) is 0.308. The summed E-state index contributed by atoms with van der Waals surface area (Å²) in [6, 6.07) is 2.65. The zero-order chi connectivity index (χ0) is 15.6. The number of nitrogens with two attached hydrogens (primary N) is 1. The smallest absolute Gasteiger partial charge is 0.241 e. The van der Waals surface area contributed by atoms with Gasteiger partial charge in [-0.05, 0) is 31.5 Å². The van der Waals surface area contributed by atoms with E-state index >= 15 is 0 Å². The Morgan fingerprint density at radius 2 is 2.10 bits per heavy atom. The van der Waals surface area contributed by atoms with Crippen LogP contribution in [0.1, 0.15) is 21.7 Å². The second-order valence-corrected chi connectivity index (χ2v) is 7.27. The summed E-state index contributed by atoms with van der Waals surface area (Å²) in [4.78, 5) is 4.80. The van der Waals surface area contributed by atoms with Crippen LogP contribution < -0.4 is 10.5 Å². The number of rotatable bonds is 5. The Bertz CT molecular complexity index is 757. The highest BCUT2D eigenvalue weighted by Crippen LogP contribution is 2.21. The molecule has 0 aliphatic carbocycles. The minimum absolute atomic E-state index is 0.0771. The third kappa shape index (κ3) is 3.46. The van der Waals surface area contributed by atoms with E-state index in [1.165, 1.54) is 30.4 Å². The van der Waals surface area contributed by atoms with Crippen LogP contribution in [0.4, 0.5) is 4.39 Å². The lowest BCUT2D eigenvalue weighted by Crippen LogP contribution is -2.24. The number of aryl methyl sites for hydroxylation is 1. The van der Waals surface area contributed by atoms with Crippen LogP contribution in [0.2, 0.25) is 0 Å². The molecule has 0 aliphatic rings. The van der Waals surface area contributed by atoms with Crippen LogP contribution >= 0.6 is 11.3 Å². The molecular formula is C13H16FN3O2S2.